The maximum Gasteiger partial charge on any atom is 0.253 e. The Hall–Kier alpha value is -2.40. The molecular weight excluding hydrogens is 328 g/mol. The van der Waals surface area contributed by atoms with Crippen molar-refractivity contribution in [2.24, 2.45) is 5.92 Å². The maximum absolute atomic E-state index is 13.0. The normalized spacial score (nSPS) is 14.8. The standard InChI is InChI=1S/C21H26N2O3/c1-3-23(15-16-10-12-26-13-11-16)21(24)18-7-4-6-17(14-18)19-8-5-9-20(22-19)25-2/h4-9,14,16H,3,10-13,15H2,1-2H3. The second-order valence-corrected chi connectivity index (χ2v) is 6.55. The minimum absolute atomic E-state index is 0.0729. The first-order chi connectivity index (χ1) is 12.7. The molecule has 1 aliphatic heterocycles. The van der Waals surface area contributed by atoms with Gasteiger partial charge in [0.05, 0.1) is 12.8 Å². The van der Waals surface area contributed by atoms with Gasteiger partial charge in [-0.25, -0.2) is 4.98 Å². The Morgan fingerprint density at radius 1 is 1.23 bits per heavy atom. The molecule has 0 atom stereocenters. The van der Waals surface area contributed by atoms with Gasteiger partial charge in [-0.05, 0) is 43.9 Å². The van der Waals surface area contributed by atoms with E-state index in [1.807, 2.05) is 54.3 Å². The predicted octanol–water partition coefficient (Wildman–Crippen LogP) is 3.65. The zero-order valence-corrected chi connectivity index (χ0v) is 15.5. The molecule has 1 aromatic carbocycles. The van der Waals surface area contributed by atoms with Crippen molar-refractivity contribution < 1.29 is 14.3 Å². The Labute approximate surface area is 155 Å². The van der Waals surface area contributed by atoms with E-state index in [2.05, 4.69) is 4.98 Å². The first-order valence-electron chi connectivity index (χ1n) is 9.19. The van der Waals surface area contributed by atoms with Gasteiger partial charge in [-0.15, -0.1) is 0 Å². The van der Waals surface area contributed by atoms with Crippen molar-refractivity contribution in [2.45, 2.75) is 19.8 Å². The summed E-state index contributed by atoms with van der Waals surface area (Å²) < 4.78 is 10.6. The van der Waals surface area contributed by atoms with Gasteiger partial charge in [0.15, 0.2) is 0 Å². The van der Waals surface area contributed by atoms with Crippen LogP contribution in [-0.4, -0.2) is 49.2 Å². The molecule has 1 aromatic heterocycles. The van der Waals surface area contributed by atoms with Gasteiger partial charge in [0.1, 0.15) is 0 Å². The Bertz CT molecular complexity index is 742. The molecule has 0 saturated carbocycles. The second kappa shape index (κ2) is 8.81. The molecule has 1 aliphatic rings. The highest BCUT2D eigenvalue weighted by atomic mass is 16.5. The first-order valence-corrected chi connectivity index (χ1v) is 9.19. The van der Waals surface area contributed by atoms with Gasteiger partial charge in [0.25, 0.3) is 5.91 Å². The number of benzene rings is 1. The van der Waals surface area contributed by atoms with Crippen LogP contribution in [-0.2, 0) is 4.74 Å². The number of hydrogen-bond donors (Lipinski definition) is 0. The van der Waals surface area contributed by atoms with E-state index in [0.717, 1.165) is 43.9 Å². The number of nitrogens with zero attached hydrogens (tertiary/aromatic N) is 2. The molecule has 0 spiro atoms. The van der Waals surface area contributed by atoms with Crippen LogP contribution in [0.5, 0.6) is 5.88 Å². The van der Waals surface area contributed by atoms with Gasteiger partial charge < -0.3 is 14.4 Å². The maximum atomic E-state index is 13.0. The summed E-state index contributed by atoms with van der Waals surface area (Å²) in [4.78, 5) is 19.4. The molecule has 1 amide bonds. The zero-order valence-electron chi connectivity index (χ0n) is 15.5. The van der Waals surface area contributed by atoms with Crippen LogP contribution in [0.2, 0.25) is 0 Å². The monoisotopic (exact) mass is 354 g/mol. The smallest absolute Gasteiger partial charge is 0.253 e. The quantitative estimate of drug-likeness (QED) is 0.795. The van der Waals surface area contributed by atoms with Crippen LogP contribution < -0.4 is 4.74 Å². The van der Waals surface area contributed by atoms with E-state index >= 15 is 0 Å². The third kappa shape index (κ3) is 4.41. The van der Waals surface area contributed by atoms with Crippen LogP contribution in [0, 0.1) is 5.92 Å². The Kier molecular flexibility index (Phi) is 6.23. The Morgan fingerprint density at radius 3 is 2.73 bits per heavy atom. The number of carbonyl (C=O) groups is 1. The summed E-state index contributed by atoms with van der Waals surface area (Å²) in [5.74, 6) is 1.16. The van der Waals surface area contributed by atoms with Crippen molar-refractivity contribution >= 4 is 5.91 Å². The molecule has 0 unspecified atom stereocenters. The summed E-state index contributed by atoms with van der Waals surface area (Å²) in [6, 6.07) is 13.3. The molecule has 1 fully saturated rings. The summed E-state index contributed by atoms with van der Waals surface area (Å²) in [6.07, 6.45) is 2.05. The fraction of sp³-hybridized carbons (Fsp3) is 0.429. The number of hydrogen-bond acceptors (Lipinski definition) is 4. The molecule has 26 heavy (non-hydrogen) atoms. The molecule has 138 valence electrons. The minimum Gasteiger partial charge on any atom is -0.481 e. The van der Waals surface area contributed by atoms with Crippen LogP contribution in [0.3, 0.4) is 0 Å². The summed E-state index contributed by atoms with van der Waals surface area (Å²) in [5, 5.41) is 0. The van der Waals surface area contributed by atoms with E-state index in [1.54, 1.807) is 7.11 Å². The molecule has 0 N–H and O–H groups in total. The summed E-state index contributed by atoms with van der Waals surface area (Å²) >= 11 is 0. The number of amides is 1. The van der Waals surface area contributed by atoms with Crippen molar-refractivity contribution in [3.05, 3.63) is 48.0 Å². The molecule has 0 radical (unpaired) electrons. The minimum atomic E-state index is 0.0729. The van der Waals surface area contributed by atoms with E-state index in [0.29, 0.717) is 23.9 Å². The number of methoxy groups -OCH3 is 1. The average Bonchev–Trinajstić information content (AvgIpc) is 2.72. The number of carbonyl (C=O) groups excluding carboxylic acids is 1. The highest BCUT2D eigenvalue weighted by Crippen LogP contribution is 2.22. The average molecular weight is 354 g/mol. The highest BCUT2D eigenvalue weighted by molar-refractivity contribution is 5.95. The van der Waals surface area contributed by atoms with Crippen LogP contribution in [0.4, 0.5) is 0 Å². The SMILES string of the molecule is CCN(CC1CCOCC1)C(=O)c1cccc(-c2cccc(OC)n2)c1. The molecule has 0 aliphatic carbocycles. The van der Waals surface area contributed by atoms with Crippen LogP contribution in [0.25, 0.3) is 11.3 Å². The summed E-state index contributed by atoms with van der Waals surface area (Å²) in [5.41, 5.74) is 2.41. The number of aromatic nitrogens is 1. The van der Waals surface area contributed by atoms with Gasteiger partial charge in [-0.2, -0.15) is 0 Å². The van der Waals surface area contributed by atoms with Crippen LogP contribution in [0.1, 0.15) is 30.1 Å². The molecule has 1 saturated heterocycles. The van der Waals surface area contributed by atoms with E-state index in [4.69, 9.17) is 9.47 Å². The van der Waals surface area contributed by atoms with Crippen LogP contribution >= 0.6 is 0 Å². The largest absolute Gasteiger partial charge is 0.481 e. The van der Waals surface area contributed by atoms with Gasteiger partial charge >= 0.3 is 0 Å². The number of rotatable bonds is 6. The lowest BCUT2D eigenvalue weighted by Crippen LogP contribution is -2.37. The van der Waals surface area contributed by atoms with Gasteiger partial charge in [0.2, 0.25) is 5.88 Å². The van der Waals surface area contributed by atoms with Gasteiger partial charge in [0, 0.05) is 43.5 Å². The molecule has 2 aromatic rings. The Balaban J connectivity index is 1.77. The lowest BCUT2D eigenvalue weighted by molar-refractivity contribution is 0.0467. The molecular formula is C21H26N2O3. The second-order valence-electron chi connectivity index (χ2n) is 6.55. The van der Waals surface area contributed by atoms with Crippen molar-refractivity contribution in [3.8, 4) is 17.1 Å². The summed E-state index contributed by atoms with van der Waals surface area (Å²) in [6.45, 7) is 5.13. The van der Waals surface area contributed by atoms with E-state index in [9.17, 15) is 4.79 Å². The van der Waals surface area contributed by atoms with E-state index in [1.165, 1.54) is 0 Å². The Morgan fingerprint density at radius 2 is 2.00 bits per heavy atom. The molecule has 5 heteroatoms. The van der Waals surface area contributed by atoms with Crippen molar-refractivity contribution in [3.63, 3.8) is 0 Å². The lowest BCUT2D eigenvalue weighted by atomic mass is 9.99. The molecule has 0 bridgehead atoms. The molecule has 5 nitrogen and oxygen atoms in total. The third-order valence-electron chi connectivity index (χ3n) is 4.83. The van der Waals surface area contributed by atoms with Crippen molar-refractivity contribution in [1.82, 2.24) is 9.88 Å². The van der Waals surface area contributed by atoms with Gasteiger partial charge in [-0.1, -0.05) is 18.2 Å². The highest BCUT2D eigenvalue weighted by Gasteiger charge is 2.21. The summed E-state index contributed by atoms with van der Waals surface area (Å²) in [7, 11) is 1.60. The fourth-order valence-electron chi connectivity index (χ4n) is 3.28. The van der Waals surface area contributed by atoms with Gasteiger partial charge in [-0.3, -0.25) is 4.79 Å². The first kappa shape index (κ1) is 18.4. The van der Waals surface area contributed by atoms with E-state index < -0.39 is 0 Å². The lowest BCUT2D eigenvalue weighted by Gasteiger charge is -2.29. The van der Waals surface area contributed by atoms with E-state index in [-0.39, 0.29) is 5.91 Å². The molecule has 3 rings (SSSR count). The topological polar surface area (TPSA) is 51.7 Å². The van der Waals surface area contributed by atoms with Crippen LogP contribution in [0.15, 0.2) is 42.5 Å². The van der Waals surface area contributed by atoms with Crippen molar-refractivity contribution in [1.29, 1.82) is 0 Å². The molecule has 2 heterocycles. The number of pyridine rings is 1. The zero-order chi connectivity index (χ0) is 18.4. The number of ether oxygens (including phenoxy) is 2. The van der Waals surface area contributed by atoms with Crippen molar-refractivity contribution in [2.75, 3.05) is 33.4 Å². The fourth-order valence-corrected chi connectivity index (χ4v) is 3.28. The predicted molar refractivity (Wildman–Crippen MR) is 101 cm³/mol. The third-order valence-corrected chi connectivity index (χ3v) is 4.83.